The number of hydrogen-bond acceptors (Lipinski definition) is 2. The predicted octanol–water partition coefficient (Wildman–Crippen LogP) is 2.47. The van der Waals surface area contributed by atoms with Gasteiger partial charge in [0.25, 0.3) is 11.8 Å². The SMILES string of the molecule is CC[NH+](CC(=O)Nc1cc(Cl)ccc1C)CC(=O)N1CCCc2ccccc21. The van der Waals surface area contributed by atoms with Crippen molar-refractivity contribution in [2.45, 2.75) is 26.7 Å². The highest BCUT2D eigenvalue weighted by molar-refractivity contribution is 6.31. The van der Waals surface area contributed by atoms with E-state index < -0.39 is 0 Å². The number of benzene rings is 2. The molecular formula is C22H27ClN3O2+. The summed E-state index contributed by atoms with van der Waals surface area (Å²) in [7, 11) is 0. The number of halogens is 1. The topological polar surface area (TPSA) is 53.9 Å². The molecule has 0 saturated carbocycles. The number of quaternary nitrogens is 1. The Morgan fingerprint density at radius 3 is 2.75 bits per heavy atom. The third-order valence-electron chi connectivity index (χ3n) is 5.20. The van der Waals surface area contributed by atoms with Gasteiger partial charge in [0.1, 0.15) is 0 Å². The molecule has 2 aromatic rings. The molecule has 1 atom stereocenters. The maximum absolute atomic E-state index is 12.9. The summed E-state index contributed by atoms with van der Waals surface area (Å²) in [6.07, 6.45) is 1.98. The first kappa shape index (κ1) is 20.4. The minimum Gasteiger partial charge on any atom is -0.321 e. The lowest BCUT2D eigenvalue weighted by atomic mass is 10.0. The summed E-state index contributed by atoms with van der Waals surface area (Å²) >= 11 is 6.02. The minimum atomic E-state index is -0.117. The summed E-state index contributed by atoms with van der Waals surface area (Å²) in [6, 6.07) is 13.5. The smallest absolute Gasteiger partial charge is 0.282 e. The van der Waals surface area contributed by atoms with Gasteiger partial charge in [0.2, 0.25) is 0 Å². The molecule has 2 amide bonds. The predicted molar refractivity (Wildman–Crippen MR) is 113 cm³/mol. The van der Waals surface area contributed by atoms with Crippen molar-refractivity contribution in [1.82, 2.24) is 0 Å². The maximum Gasteiger partial charge on any atom is 0.282 e. The van der Waals surface area contributed by atoms with E-state index in [4.69, 9.17) is 11.6 Å². The van der Waals surface area contributed by atoms with Crippen LogP contribution in [0.25, 0.3) is 0 Å². The van der Waals surface area contributed by atoms with Gasteiger partial charge in [0.15, 0.2) is 13.1 Å². The number of likely N-dealkylation sites (N-methyl/N-ethyl adjacent to an activating group) is 1. The molecule has 1 heterocycles. The van der Waals surface area contributed by atoms with E-state index in [1.165, 1.54) is 5.56 Å². The van der Waals surface area contributed by atoms with Crippen LogP contribution in [-0.4, -0.2) is 38.0 Å². The van der Waals surface area contributed by atoms with E-state index in [2.05, 4.69) is 11.4 Å². The Morgan fingerprint density at radius 1 is 1.18 bits per heavy atom. The third kappa shape index (κ3) is 4.91. The number of nitrogens with zero attached hydrogens (tertiary/aromatic N) is 1. The quantitative estimate of drug-likeness (QED) is 0.782. The fourth-order valence-electron chi connectivity index (χ4n) is 3.56. The molecule has 0 saturated heterocycles. The van der Waals surface area contributed by atoms with Gasteiger partial charge >= 0.3 is 0 Å². The summed E-state index contributed by atoms with van der Waals surface area (Å²) in [5.74, 6) is -0.0511. The number of nitrogens with one attached hydrogen (secondary N) is 2. The highest BCUT2D eigenvalue weighted by Crippen LogP contribution is 2.26. The average molecular weight is 401 g/mol. The number of aryl methyl sites for hydroxylation is 2. The van der Waals surface area contributed by atoms with Crippen molar-refractivity contribution in [2.24, 2.45) is 0 Å². The number of para-hydroxylation sites is 1. The lowest BCUT2D eigenvalue weighted by Crippen LogP contribution is -3.14. The number of hydrogen-bond donors (Lipinski definition) is 2. The molecule has 2 N–H and O–H groups in total. The molecule has 0 fully saturated rings. The van der Waals surface area contributed by atoms with Gasteiger partial charge in [-0.05, 0) is 56.0 Å². The molecule has 2 aromatic carbocycles. The monoisotopic (exact) mass is 400 g/mol. The molecule has 28 heavy (non-hydrogen) atoms. The summed E-state index contributed by atoms with van der Waals surface area (Å²) in [4.78, 5) is 28.2. The molecule has 1 aliphatic rings. The molecule has 1 unspecified atom stereocenters. The van der Waals surface area contributed by atoms with Crippen LogP contribution >= 0.6 is 11.6 Å². The van der Waals surface area contributed by atoms with Crippen molar-refractivity contribution in [3.63, 3.8) is 0 Å². The van der Waals surface area contributed by atoms with Crippen LogP contribution in [0.3, 0.4) is 0 Å². The molecule has 5 nitrogen and oxygen atoms in total. The Morgan fingerprint density at radius 2 is 1.96 bits per heavy atom. The van der Waals surface area contributed by atoms with Crippen LogP contribution in [0.1, 0.15) is 24.5 Å². The van der Waals surface area contributed by atoms with E-state index >= 15 is 0 Å². The summed E-state index contributed by atoms with van der Waals surface area (Å²) < 4.78 is 0. The third-order valence-corrected chi connectivity index (χ3v) is 5.43. The van der Waals surface area contributed by atoms with Crippen LogP contribution in [0.15, 0.2) is 42.5 Å². The number of carbonyl (C=O) groups is 2. The zero-order chi connectivity index (χ0) is 20.1. The van der Waals surface area contributed by atoms with Crippen LogP contribution in [0.2, 0.25) is 5.02 Å². The Hall–Kier alpha value is -2.37. The summed E-state index contributed by atoms with van der Waals surface area (Å²) in [5, 5.41) is 3.50. The van der Waals surface area contributed by atoms with Crippen molar-refractivity contribution in [2.75, 3.05) is 36.4 Å². The van der Waals surface area contributed by atoms with Gasteiger partial charge in [0.05, 0.1) is 6.54 Å². The van der Waals surface area contributed by atoms with E-state index in [1.807, 2.05) is 43.0 Å². The molecule has 6 heteroatoms. The van der Waals surface area contributed by atoms with Crippen LogP contribution in [0.4, 0.5) is 11.4 Å². The zero-order valence-electron chi connectivity index (χ0n) is 16.4. The second-order valence-electron chi connectivity index (χ2n) is 7.24. The van der Waals surface area contributed by atoms with Gasteiger partial charge in [-0.15, -0.1) is 0 Å². The molecule has 3 rings (SSSR count). The van der Waals surface area contributed by atoms with Crippen LogP contribution < -0.4 is 15.1 Å². The Bertz CT molecular complexity index is 869. The van der Waals surface area contributed by atoms with E-state index in [9.17, 15) is 9.59 Å². The first-order valence-corrected chi connectivity index (χ1v) is 10.1. The van der Waals surface area contributed by atoms with Gasteiger partial charge in [0, 0.05) is 22.9 Å². The van der Waals surface area contributed by atoms with Crippen molar-refractivity contribution >= 4 is 34.8 Å². The van der Waals surface area contributed by atoms with Crippen molar-refractivity contribution in [3.05, 3.63) is 58.6 Å². The summed E-state index contributed by atoms with van der Waals surface area (Å²) in [6.45, 7) is 5.89. The molecule has 0 aliphatic carbocycles. The van der Waals surface area contributed by atoms with E-state index in [0.29, 0.717) is 23.8 Å². The lowest BCUT2D eigenvalue weighted by Gasteiger charge is -2.30. The first-order valence-electron chi connectivity index (χ1n) is 9.75. The molecule has 1 aliphatic heterocycles. The van der Waals surface area contributed by atoms with E-state index in [0.717, 1.165) is 35.5 Å². The van der Waals surface area contributed by atoms with E-state index in [1.54, 1.807) is 12.1 Å². The number of rotatable bonds is 6. The Balaban J connectivity index is 1.62. The fraction of sp³-hybridized carbons (Fsp3) is 0.364. The minimum absolute atomic E-state index is 0.0655. The number of fused-ring (bicyclic) bond motifs is 1. The standard InChI is InChI=1S/C22H26ClN3O2/c1-3-25(14-21(27)24-19-13-18(23)11-10-16(19)2)15-22(28)26-12-6-8-17-7-4-5-9-20(17)26/h4-5,7,9-11,13H,3,6,8,12,14-15H2,1-2H3,(H,24,27)/p+1. The largest absolute Gasteiger partial charge is 0.321 e. The number of carbonyl (C=O) groups excluding carboxylic acids is 2. The van der Waals surface area contributed by atoms with Gasteiger partial charge in [-0.2, -0.15) is 0 Å². The maximum atomic E-state index is 12.9. The van der Waals surface area contributed by atoms with Gasteiger partial charge in [-0.3, -0.25) is 9.59 Å². The highest BCUT2D eigenvalue weighted by atomic mass is 35.5. The lowest BCUT2D eigenvalue weighted by molar-refractivity contribution is -0.881. The van der Waals surface area contributed by atoms with Gasteiger partial charge < -0.3 is 15.1 Å². The van der Waals surface area contributed by atoms with Crippen molar-refractivity contribution < 1.29 is 14.5 Å². The highest BCUT2D eigenvalue weighted by Gasteiger charge is 2.26. The van der Waals surface area contributed by atoms with Crippen LogP contribution in [0.5, 0.6) is 0 Å². The number of anilines is 2. The van der Waals surface area contributed by atoms with Crippen LogP contribution in [-0.2, 0) is 16.0 Å². The Labute approximate surface area is 171 Å². The number of amides is 2. The molecule has 0 radical (unpaired) electrons. The summed E-state index contributed by atoms with van der Waals surface area (Å²) in [5.41, 5.74) is 3.89. The zero-order valence-corrected chi connectivity index (χ0v) is 17.2. The van der Waals surface area contributed by atoms with Crippen LogP contribution in [0, 0.1) is 6.92 Å². The average Bonchev–Trinajstić information content (AvgIpc) is 2.69. The molecule has 0 aromatic heterocycles. The van der Waals surface area contributed by atoms with Gasteiger partial charge in [-0.25, -0.2) is 0 Å². The van der Waals surface area contributed by atoms with Gasteiger partial charge in [-0.1, -0.05) is 35.9 Å². The second kappa shape index (κ2) is 9.22. The first-order chi connectivity index (χ1) is 13.5. The normalized spacial score (nSPS) is 14.3. The fourth-order valence-corrected chi connectivity index (χ4v) is 3.74. The Kier molecular flexibility index (Phi) is 6.70. The second-order valence-corrected chi connectivity index (χ2v) is 7.68. The molecule has 0 bridgehead atoms. The molecule has 148 valence electrons. The van der Waals surface area contributed by atoms with Crippen molar-refractivity contribution in [3.8, 4) is 0 Å². The molecule has 0 spiro atoms. The van der Waals surface area contributed by atoms with E-state index in [-0.39, 0.29) is 18.4 Å². The molecular weight excluding hydrogens is 374 g/mol. The van der Waals surface area contributed by atoms with Crippen molar-refractivity contribution in [1.29, 1.82) is 0 Å².